The lowest BCUT2D eigenvalue weighted by molar-refractivity contribution is -0.143. The fourth-order valence-corrected chi connectivity index (χ4v) is 2.42. The Bertz CT molecular complexity index is 659. The van der Waals surface area contributed by atoms with E-state index in [0.29, 0.717) is 18.8 Å². The van der Waals surface area contributed by atoms with E-state index in [1.807, 2.05) is 43.3 Å². The first-order valence-corrected chi connectivity index (χ1v) is 7.79. The first kappa shape index (κ1) is 16.2. The van der Waals surface area contributed by atoms with Gasteiger partial charge in [0.15, 0.2) is 0 Å². The van der Waals surface area contributed by atoms with Gasteiger partial charge in [0.25, 0.3) is 0 Å². The molecule has 2 aromatic rings. The number of anilines is 1. The van der Waals surface area contributed by atoms with Crippen molar-refractivity contribution in [2.24, 2.45) is 0 Å². The summed E-state index contributed by atoms with van der Waals surface area (Å²) in [6, 6.07) is 16.7. The molecule has 0 radical (unpaired) electrons. The number of carbonyl (C=O) groups excluding carboxylic acids is 2. The quantitative estimate of drug-likeness (QED) is 0.849. The van der Waals surface area contributed by atoms with Crippen LogP contribution in [0.5, 0.6) is 0 Å². The molecule has 22 heavy (non-hydrogen) atoms. The normalized spacial score (nSPS) is 10.1. The SMILES string of the molecule is CCN(Cc1ccccc1)C(=O)C(=O)Nc1cccc(Br)c1. The van der Waals surface area contributed by atoms with Crippen LogP contribution < -0.4 is 5.32 Å². The number of amides is 2. The smallest absolute Gasteiger partial charge is 0.313 e. The van der Waals surface area contributed by atoms with Crippen molar-refractivity contribution in [2.75, 3.05) is 11.9 Å². The highest BCUT2D eigenvalue weighted by Gasteiger charge is 2.20. The molecule has 0 atom stereocenters. The van der Waals surface area contributed by atoms with Crippen molar-refractivity contribution in [3.63, 3.8) is 0 Å². The summed E-state index contributed by atoms with van der Waals surface area (Å²) in [5, 5.41) is 2.62. The number of likely N-dealkylation sites (N-methyl/N-ethyl adjacent to an activating group) is 1. The van der Waals surface area contributed by atoms with Crippen LogP contribution >= 0.6 is 15.9 Å². The van der Waals surface area contributed by atoms with Crippen molar-refractivity contribution < 1.29 is 9.59 Å². The summed E-state index contributed by atoms with van der Waals surface area (Å²) in [6.07, 6.45) is 0. The molecule has 0 spiro atoms. The topological polar surface area (TPSA) is 49.4 Å². The van der Waals surface area contributed by atoms with E-state index in [-0.39, 0.29) is 0 Å². The Morgan fingerprint density at radius 2 is 1.82 bits per heavy atom. The number of hydrogen-bond acceptors (Lipinski definition) is 2. The average Bonchev–Trinajstić information content (AvgIpc) is 2.53. The van der Waals surface area contributed by atoms with Crippen LogP contribution in [0, 0.1) is 0 Å². The van der Waals surface area contributed by atoms with Gasteiger partial charge in [-0.2, -0.15) is 0 Å². The van der Waals surface area contributed by atoms with Crippen LogP contribution in [0.25, 0.3) is 0 Å². The van der Waals surface area contributed by atoms with Crippen LogP contribution in [0.15, 0.2) is 59.1 Å². The van der Waals surface area contributed by atoms with E-state index < -0.39 is 11.8 Å². The molecule has 0 saturated carbocycles. The molecule has 2 rings (SSSR count). The average molecular weight is 361 g/mol. The molecule has 0 aliphatic rings. The van der Waals surface area contributed by atoms with Gasteiger partial charge in [0.2, 0.25) is 0 Å². The molecular formula is C17H17BrN2O2. The summed E-state index contributed by atoms with van der Waals surface area (Å²) in [5.41, 5.74) is 1.58. The standard InChI is InChI=1S/C17H17BrN2O2/c1-2-20(12-13-7-4-3-5-8-13)17(22)16(21)19-15-10-6-9-14(18)11-15/h3-11H,2,12H2,1H3,(H,19,21). The third kappa shape index (κ3) is 4.43. The maximum absolute atomic E-state index is 12.3. The van der Waals surface area contributed by atoms with Crippen molar-refractivity contribution in [2.45, 2.75) is 13.5 Å². The van der Waals surface area contributed by atoms with E-state index in [4.69, 9.17) is 0 Å². The molecule has 2 amide bonds. The molecule has 114 valence electrons. The summed E-state index contributed by atoms with van der Waals surface area (Å²) in [5.74, 6) is -1.16. The maximum atomic E-state index is 12.3. The zero-order chi connectivity index (χ0) is 15.9. The second kappa shape index (κ2) is 7.75. The highest BCUT2D eigenvalue weighted by Crippen LogP contribution is 2.15. The first-order chi connectivity index (χ1) is 10.6. The van der Waals surface area contributed by atoms with E-state index in [1.54, 1.807) is 18.2 Å². The van der Waals surface area contributed by atoms with Gasteiger partial charge in [0.1, 0.15) is 0 Å². The summed E-state index contributed by atoms with van der Waals surface area (Å²) >= 11 is 3.33. The maximum Gasteiger partial charge on any atom is 0.313 e. The lowest BCUT2D eigenvalue weighted by Gasteiger charge is -2.20. The van der Waals surface area contributed by atoms with Gasteiger partial charge < -0.3 is 10.2 Å². The molecular weight excluding hydrogens is 344 g/mol. The Morgan fingerprint density at radius 3 is 2.45 bits per heavy atom. The number of rotatable bonds is 4. The summed E-state index contributed by atoms with van der Waals surface area (Å²) in [6.45, 7) is 2.74. The van der Waals surface area contributed by atoms with Crippen LogP contribution in [0.3, 0.4) is 0 Å². The molecule has 0 aliphatic heterocycles. The third-order valence-corrected chi connectivity index (χ3v) is 3.66. The van der Waals surface area contributed by atoms with Crippen molar-refractivity contribution in [1.82, 2.24) is 4.90 Å². The number of carbonyl (C=O) groups is 2. The fourth-order valence-electron chi connectivity index (χ4n) is 2.03. The first-order valence-electron chi connectivity index (χ1n) is 7.00. The van der Waals surface area contributed by atoms with Gasteiger partial charge in [0.05, 0.1) is 0 Å². The zero-order valence-electron chi connectivity index (χ0n) is 12.3. The molecule has 0 unspecified atom stereocenters. The molecule has 0 aliphatic carbocycles. The van der Waals surface area contributed by atoms with Crippen LogP contribution in [-0.2, 0) is 16.1 Å². The third-order valence-electron chi connectivity index (χ3n) is 3.16. The highest BCUT2D eigenvalue weighted by molar-refractivity contribution is 9.10. The molecule has 0 heterocycles. The van der Waals surface area contributed by atoms with Crippen molar-refractivity contribution in [1.29, 1.82) is 0 Å². The number of benzene rings is 2. The fraction of sp³-hybridized carbons (Fsp3) is 0.176. The van der Waals surface area contributed by atoms with Gasteiger partial charge in [-0.15, -0.1) is 0 Å². The predicted molar refractivity (Wildman–Crippen MR) is 90.3 cm³/mol. The lowest BCUT2D eigenvalue weighted by Crippen LogP contribution is -2.39. The molecule has 4 nitrogen and oxygen atoms in total. The van der Waals surface area contributed by atoms with E-state index in [2.05, 4.69) is 21.2 Å². The summed E-state index contributed by atoms with van der Waals surface area (Å²) in [4.78, 5) is 25.9. The summed E-state index contributed by atoms with van der Waals surface area (Å²) in [7, 11) is 0. The number of halogens is 1. The Morgan fingerprint density at radius 1 is 1.09 bits per heavy atom. The van der Waals surface area contributed by atoms with Gasteiger partial charge >= 0.3 is 11.8 Å². The molecule has 0 bridgehead atoms. The minimum Gasteiger partial charge on any atom is -0.330 e. The molecule has 5 heteroatoms. The molecule has 0 fully saturated rings. The molecule has 0 saturated heterocycles. The largest absolute Gasteiger partial charge is 0.330 e. The van der Waals surface area contributed by atoms with Gasteiger partial charge in [-0.25, -0.2) is 0 Å². The second-order valence-electron chi connectivity index (χ2n) is 4.77. The Hall–Kier alpha value is -2.14. The van der Waals surface area contributed by atoms with E-state index in [9.17, 15) is 9.59 Å². The van der Waals surface area contributed by atoms with E-state index in [1.165, 1.54) is 4.90 Å². The van der Waals surface area contributed by atoms with E-state index in [0.717, 1.165) is 10.0 Å². The minimum absolute atomic E-state index is 0.419. The summed E-state index contributed by atoms with van der Waals surface area (Å²) < 4.78 is 0.842. The van der Waals surface area contributed by atoms with E-state index >= 15 is 0 Å². The number of nitrogens with one attached hydrogen (secondary N) is 1. The molecule has 2 aromatic carbocycles. The number of hydrogen-bond donors (Lipinski definition) is 1. The van der Waals surface area contributed by atoms with Crippen LogP contribution in [0.4, 0.5) is 5.69 Å². The monoisotopic (exact) mass is 360 g/mol. The Kier molecular flexibility index (Phi) is 5.72. The minimum atomic E-state index is -0.629. The Labute approximate surface area is 138 Å². The molecule has 0 aromatic heterocycles. The van der Waals surface area contributed by atoms with Crippen molar-refractivity contribution in [3.05, 3.63) is 64.6 Å². The van der Waals surface area contributed by atoms with Crippen molar-refractivity contribution in [3.8, 4) is 0 Å². The highest BCUT2D eigenvalue weighted by atomic mass is 79.9. The van der Waals surface area contributed by atoms with Gasteiger partial charge in [-0.05, 0) is 30.7 Å². The van der Waals surface area contributed by atoms with Gasteiger partial charge in [-0.3, -0.25) is 9.59 Å². The second-order valence-corrected chi connectivity index (χ2v) is 5.69. The zero-order valence-corrected chi connectivity index (χ0v) is 13.8. The van der Waals surface area contributed by atoms with Crippen LogP contribution in [-0.4, -0.2) is 23.3 Å². The predicted octanol–water partition coefficient (Wildman–Crippen LogP) is 3.44. The van der Waals surface area contributed by atoms with Crippen LogP contribution in [0.2, 0.25) is 0 Å². The van der Waals surface area contributed by atoms with Gasteiger partial charge in [-0.1, -0.05) is 52.3 Å². The molecule has 1 N–H and O–H groups in total. The van der Waals surface area contributed by atoms with Crippen molar-refractivity contribution >= 4 is 33.4 Å². The number of nitrogens with zero attached hydrogens (tertiary/aromatic N) is 1. The Balaban J connectivity index is 2.03. The lowest BCUT2D eigenvalue weighted by atomic mass is 10.2. The van der Waals surface area contributed by atoms with Gasteiger partial charge in [0, 0.05) is 23.2 Å². The van der Waals surface area contributed by atoms with Crippen LogP contribution in [0.1, 0.15) is 12.5 Å².